The molecule has 0 atom stereocenters. The topological polar surface area (TPSA) is 125 Å². The molecule has 0 radical (unpaired) electrons. The van der Waals surface area contributed by atoms with Crippen molar-refractivity contribution in [2.75, 3.05) is 17.7 Å². The fraction of sp³-hybridized carbons (Fsp3) is 0.222. The number of benzene rings is 2. The molecular formula is C18H19N3O5. The zero-order valence-corrected chi connectivity index (χ0v) is 14.4. The van der Waals surface area contributed by atoms with Gasteiger partial charge >= 0.3 is 5.97 Å². The highest BCUT2D eigenvalue weighted by Gasteiger charge is 2.17. The van der Waals surface area contributed by atoms with Crippen LogP contribution in [0.5, 0.6) is 0 Å². The molecule has 0 saturated carbocycles. The van der Waals surface area contributed by atoms with Gasteiger partial charge in [-0.05, 0) is 30.5 Å². The number of non-ortho nitro benzene ring substituents is 1. The number of nitrogens with two attached hydrogens (primary N) is 1. The van der Waals surface area contributed by atoms with Gasteiger partial charge in [-0.1, -0.05) is 25.1 Å². The average molecular weight is 357 g/mol. The lowest BCUT2D eigenvalue weighted by atomic mass is 10.1. The van der Waals surface area contributed by atoms with Crippen molar-refractivity contribution in [1.82, 2.24) is 0 Å². The molecule has 3 N–H and O–H groups in total. The number of rotatable bonds is 6. The minimum Gasteiger partial charge on any atom is -0.452 e. The third kappa shape index (κ3) is 4.35. The Balaban J connectivity index is 2.02. The van der Waals surface area contributed by atoms with E-state index in [-0.39, 0.29) is 16.9 Å². The number of para-hydroxylation sites is 1. The molecule has 26 heavy (non-hydrogen) atoms. The molecule has 2 aromatic rings. The van der Waals surface area contributed by atoms with Crippen LogP contribution in [0.25, 0.3) is 0 Å². The van der Waals surface area contributed by atoms with E-state index >= 15 is 0 Å². The van der Waals surface area contributed by atoms with Crippen LogP contribution in [0.3, 0.4) is 0 Å². The van der Waals surface area contributed by atoms with Crippen LogP contribution in [-0.2, 0) is 16.0 Å². The van der Waals surface area contributed by atoms with Crippen molar-refractivity contribution in [3.05, 3.63) is 63.2 Å². The number of anilines is 2. The van der Waals surface area contributed by atoms with Gasteiger partial charge in [0.2, 0.25) is 0 Å². The van der Waals surface area contributed by atoms with Crippen molar-refractivity contribution >= 4 is 28.9 Å². The number of carbonyl (C=O) groups excluding carboxylic acids is 2. The molecule has 8 heteroatoms. The number of esters is 1. The number of amides is 1. The van der Waals surface area contributed by atoms with E-state index in [9.17, 15) is 19.7 Å². The van der Waals surface area contributed by atoms with Crippen molar-refractivity contribution in [2.45, 2.75) is 20.3 Å². The standard InChI is InChI=1S/C18H19N3O5/c1-3-12-6-4-5-11(2)17(12)20-16(22)10-26-18(23)14-8-7-13(21(24)25)9-15(14)19/h4-9H,3,10,19H2,1-2H3,(H,20,22). The number of nitrogens with one attached hydrogen (secondary N) is 1. The van der Waals surface area contributed by atoms with Crippen LogP contribution in [0.15, 0.2) is 36.4 Å². The fourth-order valence-electron chi connectivity index (χ4n) is 2.44. The summed E-state index contributed by atoms with van der Waals surface area (Å²) in [6.45, 7) is 3.35. The van der Waals surface area contributed by atoms with E-state index < -0.39 is 23.4 Å². The first kappa shape index (κ1) is 18.9. The van der Waals surface area contributed by atoms with Gasteiger partial charge in [0, 0.05) is 17.8 Å². The molecular weight excluding hydrogens is 338 g/mol. The third-order valence-electron chi connectivity index (χ3n) is 3.80. The minimum atomic E-state index is -0.826. The van der Waals surface area contributed by atoms with E-state index in [1.165, 1.54) is 6.07 Å². The molecule has 0 aliphatic rings. The maximum atomic E-state index is 12.1. The lowest BCUT2D eigenvalue weighted by molar-refractivity contribution is -0.384. The summed E-state index contributed by atoms with van der Waals surface area (Å²) in [4.78, 5) is 34.2. The molecule has 2 rings (SSSR count). The molecule has 0 bridgehead atoms. The first-order valence-electron chi connectivity index (χ1n) is 7.92. The molecule has 0 aliphatic carbocycles. The Bertz CT molecular complexity index is 864. The Hall–Kier alpha value is -3.42. The van der Waals surface area contributed by atoms with E-state index in [2.05, 4.69) is 5.32 Å². The second-order valence-corrected chi connectivity index (χ2v) is 5.62. The van der Waals surface area contributed by atoms with E-state index in [0.717, 1.165) is 29.7 Å². The largest absolute Gasteiger partial charge is 0.452 e. The molecule has 136 valence electrons. The molecule has 0 spiro atoms. The second-order valence-electron chi connectivity index (χ2n) is 5.62. The quantitative estimate of drug-likeness (QED) is 0.354. The number of carbonyl (C=O) groups is 2. The third-order valence-corrected chi connectivity index (χ3v) is 3.80. The predicted octanol–water partition coefficient (Wildman–Crippen LogP) is 2.84. The highest BCUT2D eigenvalue weighted by molar-refractivity contribution is 5.99. The minimum absolute atomic E-state index is 0.0338. The van der Waals surface area contributed by atoms with Crippen LogP contribution in [0.2, 0.25) is 0 Å². The molecule has 0 aliphatic heterocycles. The molecule has 0 saturated heterocycles. The predicted molar refractivity (Wildman–Crippen MR) is 97.0 cm³/mol. The van der Waals surface area contributed by atoms with Gasteiger partial charge in [0.25, 0.3) is 11.6 Å². The van der Waals surface area contributed by atoms with E-state index in [1.807, 2.05) is 32.0 Å². The maximum absolute atomic E-state index is 12.1. The highest BCUT2D eigenvalue weighted by atomic mass is 16.6. The monoisotopic (exact) mass is 357 g/mol. The van der Waals surface area contributed by atoms with E-state index in [1.54, 1.807) is 0 Å². The highest BCUT2D eigenvalue weighted by Crippen LogP contribution is 2.22. The number of ether oxygens (including phenoxy) is 1. The van der Waals surface area contributed by atoms with Crippen LogP contribution >= 0.6 is 0 Å². The normalized spacial score (nSPS) is 10.2. The van der Waals surface area contributed by atoms with Gasteiger partial charge < -0.3 is 15.8 Å². The Labute approximate surface area is 150 Å². The SMILES string of the molecule is CCc1cccc(C)c1NC(=O)COC(=O)c1ccc([N+](=O)[O-])cc1N. The zero-order chi connectivity index (χ0) is 19.3. The Morgan fingerprint density at radius 2 is 2.00 bits per heavy atom. The van der Waals surface area contributed by atoms with Gasteiger partial charge in [0.05, 0.1) is 16.2 Å². The summed E-state index contributed by atoms with van der Waals surface area (Å²) < 4.78 is 4.96. The smallest absolute Gasteiger partial charge is 0.340 e. The maximum Gasteiger partial charge on any atom is 0.340 e. The molecule has 0 fully saturated rings. The number of aryl methyl sites for hydroxylation is 2. The van der Waals surface area contributed by atoms with Crippen molar-refractivity contribution < 1.29 is 19.2 Å². The van der Waals surface area contributed by atoms with Crippen molar-refractivity contribution in [3.63, 3.8) is 0 Å². The summed E-state index contributed by atoms with van der Waals surface area (Å²) in [5.41, 5.74) is 7.87. The summed E-state index contributed by atoms with van der Waals surface area (Å²) in [6.07, 6.45) is 0.746. The van der Waals surface area contributed by atoms with Gasteiger partial charge in [0.1, 0.15) is 0 Å². The summed E-state index contributed by atoms with van der Waals surface area (Å²) >= 11 is 0. The van der Waals surface area contributed by atoms with Crippen LogP contribution in [0.4, 0.5) is 17.1 Å². The van der Waals surface area contributed by atoms with Gasteiger partial charge in [-0.2, -0.15) is 0 Å². The molecule has 8 nitrogen and oxygen atoms in total. The van der Waals surface area contributed by atoms with Gasteiger partial charge in [0.15, 0.2) is 6.61 Å². The molecule has 0 unspecified atom stereocenters. The molecule has 0 heterocycles. The van der Waals surface area contributed by atoms with E-state index in [4.69, 9.17) is 10.5 Å². The summed E-state index contributed by atoms with van der Waals surface area (Å²) in [5, 5.41) is 13.4. The van der Waals surface area contributed by atoms with Gasteiger partial charge in [-0.25, -0.2) is 4.79 Å². The second kappa shape index (κ2) is 8.11. The zero-order valence-electron chi connectivity index (χ0n) is 14.4. The Morgan fingerprint density at radius 3 is 2.62 bits per heavy atom. The molecule has 1 amide bonds. The molecule has 2 aromatic carbocycles. The lowest BCUT2D eigenvalue weighted by Crippen LogP contribution is -2.22. The Morgan fingerprint density at radius 1 is 1.27 bits per heavy atom. The van der Waals surface area contributed by atoms with E-state index in [0.29, 0.717) is 5.69 Å². The van der Waals surface area contributed by atoms with Crippen molar-refractivity contribution in [1.29, 1.82) is 0 Å². The van der Waals surface area contributed by atoms with Crippen molar-refractivity contribution in [3.8, 4) is 0 Å². The molecule has 0 aromatic heterocycles. The average Bonchev–Trinajstić information content (AvgIpc) is 2.61. The fourth-order valence-corrected chi connectivity index (χ4v) is 2.44. The Kier molecular flexibility index (Phi) is 5.90. The summed E-state index contributed by atoms with van der Waals surface area (Å²) in [6, 6.07) is 9.10. The first-order chi connectivity index (χ1) is 12.3. The number of hydrogen-bond donors (Lipinski definition) is 2. The van der Waals surface area contributed by atoms with Crippen molar-refractivity contribution in [2.24, 2.45) is 0 Å². The number of nitro benzene ring substituents is 1. The number of nitrogens with zero attached hydrogens (tertiary/aromatic N) is 1. The van der Waals surface area contributed by atoms with Crippen LogP contribution in [0, 0.1) is 17.0 Å². The van der Waals surface area contributed by atoms with Gasteiger partial charge in [-0.3, -0.25) is 14.9 Å². The summed E-state index contributed by atoms with van der Waals surface area (Å²) in [5.74, 6) is -1.31. The van der Waals surface area contributed by atoms with Gasteiger partial charge in [-0.15, -0.1) is 0 Å². The van der Waals surface area contributed by atoms with Crippen LogP contribution in [-0.4, -0.2) is 23.4 Å². The lowest BCUT2D eigenvalue weighted by Gasteiger charge is -2.13. The number of nitrogen functional groups attached to an aromatic ring is 1. The van der Waals surface area contributed by atoms with Crippen LogP contribution < -0.4 is 11.1 Å². The van der Waals surface area contributed by atoms with Crippen LogP contribution in [0.1, 0.15) is 28.4 Å². The number of nitro groups is 1. The number of hydrogen-bond acceptors (Lipinski definition) is 6. The summed E-state index contributed by atoms with van der Waals surface area (Å²) in [7, 11) is 0. The first-order valence-corrected chi connectivity index (χ1v) is 7.92.